The summed E-state index contributed by atoms with van der Waals surface area (Å²) in [7, 11) is 1.93. The van der Waals surface area contributed by atoms with Crippen molar-refractivity contribution in [2.45, 2.75) is 19.4 Å². The van der Waals surface area contributed by atoms with Crippen molar-refractivity contribution in [2.24, 2.45) is 7.05 Å². The quantitative estimate of drug-likeness (QED) is 0.472. The lowest BCUT2D eigenvalue weighted by molar-refractivity contribution is 0.249. The number of aryl methyl sites for hydroxylation is 1. The lowest BCUT2D eigenvalue weighted by Gasteiger charge is -2.34. The molecule has 8 heteroatoms. The first-order valence-corrected chi connectivity index (χ1v) is 11.2. The summed E-state index contributed by atoms with van der Waals surface area (Å²) in [6.07, 6.45) is 5.37. The van der Waals surface area contributed by atoms with Gasteiger partial charge in [0.1, 0.15) is 0 Å². The Bertz CT molecular complexity index is 1290. The standard InChI is InChI=1S/C24H28N6O2/c1-27-19-8-3-2-7-18(19)22-20(27)17-21(31)30(23(22)32)12-5-4-11-28-13-15-29(16-14-28)24-25-9-6-10-26-24/h2-3,6-10,17,32H,4-5,11-16H2,1H3. The summed E-state index contributed by atoms with van der Waals surface area (Å²) in [6, 6.07) is 11.4. The van der Waals surface area contributed by atoms with Crippen molar-refractivity contribution in [2.75, 3.05) is 37.6 Å². The van der Waals surface area contributed by atoms with Crippen molar-refractivity contribution in [3.05, 3.63) is 59.1 Å². The Balaban J connectivity index is 1.21. The molecule has 1 aliphatic rings. The fraction of sp³-hybridized carbons (Fsp3) is 0.375. The second kappa shape index (κ2) is 8.63. The van der Waals surface area contributed by atoms with Crippen LogP contribution >= 0.6 is 0 Å². The molecule has 0 amide bonds. The molecule has 0 bridgehead atoms. The maximum atomic E-state index is 12.7. The fourth-order valence-electron chi connectivity index (χ4n) is 4.70. The lowest BCUT2D eigenvalue weighted by atomic mass is 10.2. The van der Waals surface area contributed by atoms with E-state index in [1.165, 1.54) is 4.57 Å². The summed E-state index contributed by atoms with van der Waals surface area (Å²) in [4.78, 5) is 26.0. The molecule has 0 radical (unpaired) electrons. The van der Waals surface area contributed by atoms with Crippen molar-refractivity contribution in [3.8, 4) is 5.88 Å². The van der Waals surface area contributed by atoms with Crippen LogP contribution in [0, 0.1) is 0 Å². The van der Waals surface area contributed by atoms with E-state index in [2.05, 4.69) is 19.8 Å². The van der Waals surface area contributed by atoms with Crippen molar-refractivity contribution in [1.29, 1.82) is 0 Å². The maximum Gasteiger partial charge on any atom is 0.255 e. The van der Waals surface area contributed by atoms with Crippen molar-refractivity contribution in [1.82, 2.24) is 24.0 Å². The molecule has 0 spiro atoms. The summed E-state index contributed by atoms with van der Waals surface area (Å²) in [5, 5.41) is 12.7. The number of rotatable bonds is 6. The zero-order valence-corrected chi connectivity index (χ0v) is 18.3. The summed E-state index contributed by atoms with van der Waals surface area (Å²) in [6.45, 7) is 5.29. The zero-order chi connectivity index (χ0) is 22.1. The van der Waals surface area contributed by atoms with Crippen LogP contribution in [0.3, 0.4) is 0 Å². The molecule has 8 nitrogen and oxygen atoms in total. The van der Waals surface area contributed by atoms with E-state index >= 15 is 0 Å². The minimum Gasteiger partial charge on any atom is -0.494 e. The average molecular weight is 433 g/mol. The molecule has 1 aliphatic heterocycles. The molecular formula is C24H28N6O2. The monoisotopic (exact) mass is 432 g/mol. The van der Waals surface area contributed by atoms with Gasteiger partial charge in [0.05, 0.1) is 10.9 Å². The Morgan fingerprint density at radius 1 is 0.938 bits per heavy atom. The molecule has 0 unspecified atom stereocenters. The molecule has 3 aromatic heterocycles. The molecule has 1 aromatic carbocycles. The van der Waals surface area contributed by atoms with E-state index in [1.54, 1.807) is 18.5 Å². The van der Waals surface area contributed by atoms with Gasteiger partial charge in [0.15, 0.2) is 0 Å². The Morgan fingerprint density at radius 3 is 2.44 bits per heavy atom. The Hall–Kier alpha value is -3.39. The van der Waals surface area contributed by atoms with Gasteiger partial charge in [-0.05, 0) is 31.5 Å². The van der Waals surface area contributed by atoms with Crippen molar-refractivity contribution < 1.29 is 5.11 Å². The number of anilines is 1. The van der Waals surface area contributed by atoms with Crippen LogP contribution in [-0.2, 0) is 13.6 Å². The van der Waals surface area contributed by atoms with E-state index in [0.717, 1.165) is 73.3 Å². The molecule has 4 heterocycles. The fourth-order valence-corrected chi connectivity index (χ4v) is 4.70. The van der Waals surface area contributed by atoms with Crippen molar-refractivity contribution in [3.63, 3.8) is 0 Å². The minimum atomic E-state index is -0.155. The van der Waals surface area contributed by atoms with E-state index < -0.39 is 0 Å². The number of pyridine rings is 1. The third-order valence-electron chi connectivity index (χ3n) is 6.47. The zero-order valence-electron chi connectivity index (χ0n) is 18.3. The van der Waals surface area contributed by atoms with Gasteiger partial charge in [-0.15, -0.1) is 0 Å². The topological polar surface area (TPSA) is 79.4 Å². The second-order valence-electron chi connectivity index (χ2n) is 8.38. The number of unbranched alkanes of at least 4 members (excludes halogenated alkanes) is 1. The number of hydrogen-bond acceptors (Lipinski definition) is 6. The molecular weight excluding hydrogens is 404 g/mol. The van der Waals surface area contributed by atoms with Gasteiger partial charge >= 0.3 is 0 Å². The van der Waals surface area contributed by atoms with Gasteiger partial charge in [-0.1, -0.05) is 18.2 Å². The number of aromatic hydroxyl groups is 1. The lowest BCUT2D eigenvalue weighted by Crippen LogP contribution is -2.47. The van der Waals surface area contributed by atoms with E-state index in [9.17, 15) is 9.90 Å². The van der Waals surface area contributed by atoms with Gasteiger partial charge in [-0.25, -0.2) is 9.97 Å². The summed E-state index contributed by atoms with van der Waals surface area (Å²) in [5.74, 6) is 0.867. The Kier molecular flexibility index (Phi) is 5.53. The Labute approximate surface area is 186 Å². The number of nitrogens with zero attached hydrogens (tertiary/aromatic N) is 6. The van der Waals surface area contributed by atoms with E-state index in [4.69, 9.17) is 0 Å². The van der Waals surface area contributed by atoms with Gasteiger partial charge in [0, 0.05) is 69.1 Å². The van der Waals surface area contributed by atoms with Crippen LogP contribution in [0.25, 0.3) is 21.8 Å². The van der Waals surface area contributed by atoms with E-state index in [0.29, 0.717) is 6.54 Å². The molecule has 1 fully saturated rings. The maximum absolute atomic E-state index is 12.7. The highest BCUT2D eigenvalue weighted by Gasteiger charge is 2.19. The molecule has 0 saturated carbocycles. The van der Waals surface area contributed by atoms with Crippen LogP contribution in [0.5, 0.6) is 5.88 Å². The third-order valence-corrected chi connectivity index (χ3v) is 6.47. The number of para-hydroxylation sites is 1. The normalized spacial score (nSPS) is 15.1. The highest BCUT2D eigenvalue weighted by molar-refractivity contribution is 6.10. The van der Waals surface area contributed by atoms with Gasteiger partial charge in [0.2, 0.25) is 11.8 Å². The summed E-state index contributed by atoms with van der Waals surface area (Å²) in [5.41, 5.74) is 1.62. The number of aromatic nitrogens is 4. The second-order valence-corrected chi connectivity index (χ2v) is 8.38. The van der Waals surface area contributed by atoms with Crippen LogP contribution < -0.4 is 10.5 Å². The average Bonchev–Trinajstić information content (AvgIpc) is 3.11. The molecule has 0 aliphatic carbocycles. The third kappa shape index (κ3) is 3.71. The molecule has 1 N–H and O–H groups in total. The van der Waals surface area contributed by atoms with E-state index in [-0.39, 0.29) is 11.4 Å². The first-order chi connectivity index (χ1) is 15.6. The Morgan fingerprint density at radius 2 is 1.66 bits per heavy atom. The minimum absolute atomic E-state index is 0.0702. The first kappa shape index (κ1) is 20.5. The molecule has 0 atom stereocenters. The summed E-state index contributed by atoms with van der Waals surface area (Å²) >= 11 is 0. The summed E-state index contributed by atoms with van der Waals surface area (Å²) < 4.78 is 3.48. The van der Waals surface area contributed by atoms with Gasteiger partial charge in [-0.2, -0.15) is 0 Å². The largest absolute Gasteiger partial charge is 0.494 e. The molecule has 5 rings (SSSR count). The number of fused-ring (bicyclic) bond motifs is 3. The van der Waals surface area contributed by atoms with Crippen molar-refractivity contribution >= 4 is 27.8 Å². The highest BCUT2D eigenvalue weighted by atomic mass is 16.3. The van der Waals surface area contributed by atoms with E-state index in [1.807, 2.05) is 41.9 Å². The molecule has 1 saturated heterocycles. The van der Waals surface area contributed by atoms with Gasteiger partial charge < -0.3 is 14.6 Å². The first-order valence-electron chi connectivity index (χ1n) is 11.2. The highest BCUT2D eigenvalue weighted by Crippen LogP contribution is 2.33. The number of piperazine rings is 1. The molecule has 4 aromatic rings. The van der Waals surface area contributed by atoms with Gasteiger partial charge in [0.25, 0.3) is 5.56 Å². The van der Waals surface area contributed by atoms with Crippen LogP contribution in [0.1, 0.15) is 12.8 Å². The SMILES string of the molecule is Cn1c2ccccc2c2c(O)n(CCCCN3CCN(c4ncccn4)CC3)c(=O)cc21. The predicted molar refractivity (Wildman–Crippen MR) is 126 cm³/mol. The van der Waals surface area contributed by atoms with Crippen LogP contribution in [0.2, 0.25) is 0 Å². The van der Waals surface area contributed by atoms with Gasteiger partial charge in [-0.3, -0.25) is 14.3 Å². The smallest absolute Gasteiger partial charge is 0.255 e. The van der Waals surface area contributed by atoms with Crippen LogP contribution in [0.4, 0.5) is 5.95 Å². The molecule has 32 heavy (non-hydrogen) atoms. The van der Waals surface area contributed by atoms with Crippen LogP contribution in [-0.4, -0.2) is 61.8 Å². The van der Waals surface area contributed by atoms with Crippen LogP contribution in [0.15, 0.2) is 53.6 Å². The predicted octanol–water partition coefficient (Wildman–Crippen LogP) is 2.59. The number of benzene rings is 1. The number of hydrogen-bond donors (Lipinski definition) is 1. The molecule has 166 valence electrons.